The molecule has 2 nitrogen and oxygen atoms in total. The van der Waals surface area contributed by atoms with E-state index < -0.39 is 0 Å². The highest BCUT2D eigenvalue weighted by atomic mass is 79.9. The third-order valence-corrected chi connectivity index (χ3v) is 4.70. The fourth-order valence-corrected chi connectivity index (χ4v) is 3.10. The molecule has 0 saturated heterocycles. The van der Waals surface area contributed by atoms with Gasteiger partial charge in [-0.2, -0.15) is 0 Å². The first-order valence-electron chi connectivity index (χ1n) is 6.49. The molecule has 0 radical (unpaired) electrons. The van der Waals surface area contributed by atoms with Gasteiger partial charge in [-0.05, 0) is 46.9 Å². The van der Waals surface area contributed by atoms with E-state index in [1.165, 1.54) is 31.2 Å². The van der Waals surface area contributed by atoms with E-state index in [4.69, 9.17) is 5.73 Å². The molecule has 2 rings (SSSR count). The van der Waals surface area contributed by atoms with Crippen molar-refractivity contribution in [1.29, 1.82) is 0 Å². The van der Waals surface area contributed by atoms with E-state index in [-0.39, 0.29) is 0 Å². The minimum atomic E-state index is 0.772. The fraction of sp³-hybridized carbons (Fsp3) is 0.571. The molecule has 3 heteroatoms. The van der Waals surface area contributed by atoms with Gasteiger partial charge in [0.2, 0.25) is 0 Å². The van der Waals surface area contributed by atoms with Crippen LogP contribution in [-0.2, 0) is 6.54 Å². The van der Waals surface area contributed by atoms with Crippen LogP contribution in [0.1, 0.15) is 38.2 Å². The number of nitrogens with zero attached hydrogens (tertiary/aromatic N) is 1. The van der Waals surface area contributed by atoms with E-state index >= 15 is 0 Å². The summed E-state index contributed by atoms with van der Waals surface area (Å²) in [6.45, 7) is 4.37. The molecule has 1 saturated carbocycles. The number of hydrogen-bond acceptors (Lipinski definition) is 2. The Morgan fingerprint density at radius 3 is 2.71 bits per heavy atom. The van der Waals surface area contributed by atoms with Crippen molar-refractivity contribution in [1.82, 2.24) is 4.90 Å². The summed E-state index contributed by atoms with van der Waals surface area (Å²) in [4.78, 5) is 2.58. The zero-order chi connectivity index (χ0) is 12.3. The van der Waals surface area contributed by atoms with Gasteiger partial charge in [-0.1, -0.05) is 31.9 Å². The van der Waals surface area contributed by atoms with Gasteiger partial charge in [0.1, 0.15) is 0 Å². The summed E-state index contributed by atoms with van der Waals surface area (Å²) in [5.74, 6) is 0. The van der Waals surface area contributed by atoms with Crippen molar-refractivity contribution in [2.45, 2.75) is 45.2 Å². The maximum atomic E-state index is 5.93. The molecule has 17 heavy (non-hydrogen) atoms. The standard InChI is InChI=1S/C14H21BrN2/c1-2-17(12-7-3-4-8-12)10-11-6-5-9-13(16)14(11)15/h5-6,9,12H,2-4,7-8,10,16H2,1H3. The van der Waals surface area contributed by atoms with Crippen LogP contribution in [0, 0.1) is 0 Å². The second kappa shape index (κ2) is 5.87. The minimum absolute atomic E-state index is 0.772. The van der Waals surface area contributed by atoms with Gasteiger partial charge in [0.05, 0.1) is 0 Å². The van der Waals surface area contributed by atoms with Gasteiger partial charge in [-0.3, -0.25) is 4.90 Å². The first-order chi connectivity index (χ1) is 8.22. The quantitative estimate of drug-likeness (QED) is 0.857. The highest BCUT2D eigenvalue weighted by Gasteiger charge is 2.21. The summed E-state index contributed by atoms with van der Waals surface area (Å²) in [6, 6.07) is 6.92. The zero-order valence-corrected chi connectivity index (χ0v) is 12.0. The van der Waals surface area contributed by atoms with Gasteiger partial charge in [0.25, 0.3) is 0 Å². The third kappa shape index (κ3) is 3.02. The normalized spacial score (nSPS) is 16.9. The van der Waals surface area contributed by atoms with Crippen LogP contribution in [0.3, 0.4) is 0 Å². The Bertz CT molecular complexity index is 372. The molecule has 0 heterocycles. The van der Waals surface area contributed by atoms with E-state index in [0.717, 1.165) is 29.3 Å². The van der Waals surface area contributed by atoms with Crippen LogP contribution in [-0.4, -0.2) is 17.5 Å². The second-order valence-electron chi connectivity index (χ2n) is 4.82. The number of nitrogen functional groups attached to an aromatic ring is 1. The van der Waals surface area contributed by atoms with Crippen LogP contribution < -0.4 is 5.73 Å². The third-order valence-electron chi connectivity index (χ3n) is 3.73. The van der Waals surface area contributed by atoms with Crippen molar-refractivity contribution in [3.63, 3.8) is 0 Å². The minimum Gasteiger partial charge on any atom is -0.398 e. The van der Waals surface area contributed by atoms with Crippen LogP contribution in [0.25, 0.3) is 0 Å². The van der Waals surface area contributed by atoms with E-state index in [9.17, 15) is 0 Å². The number of rotatable bonds is 4. The smallest absolute Gasteiger partial charge is 0.0461 e. The Morgan fingerprint density at radius 1 is 1.35 bits per heavy atom. The van der Waals surface area contributed by atoms with Gasteiger partial charge in [0.15, 0.2) is 0 Å². The summed E-state index contributed by atoms with van der Waals surface area (Å²) in [7, 11) is 0. The highest BCUT2D eigenvalue weighted by molar-refractivity contribution is 9.10. The molecule has 1 aromatic rings. The molecule has 2 N–H and O–H groups in total. The molecule has 0 aliphatic heterocycles. The van der Waals surface area contributed by atoms with Gasteiger partial charge in [-0.25, -0.2) is 0 Å². The monoisotopic (exact) mass is 296 g/mol. The summed E-state index contributed by atoms with van der Waals surface area (Å²) in [5, 5.41) is 0. The van der Waals surface area contributed by atoms with Gasteiger partial charge >= 0.3 is 0 Å². The Labute approximate surface area is 112 Å². The number of halogens is 1. The molecule has 0 spiro atoms. The first-order valence-corrected chi connectivity index (χ1v) is 7.28. The molecule has 1 aliphatic carbocycles. The van der Waals surface area contributed by atoms with Crippen molar-refractivity contribution >= 4 is 21.6 Å². The van der Waals surface area contributed by atoms with Gasteiger partial charge in [0, 0.05) is 22.7 Å². The lowest BCUT2D eigenvalue weighted by molar-refractivity contribution is 0.200. The van der Waals surface area contributed by atoms with Crippen LogP contribution in [0.15, 0.2) is 22.7 Å². The molecule has 0 bridgehead atoms. The van der Waals surface area contributed by atoms with Gasteiger partial charge < -0.3 is 5.73 Å². The molecule has 0 atom stereocenters. The van der Waals surface area contributed by atoms with Crippen LogP contribution >= 0.6 is 15.9 Å². The second-order valence-corrected chi connectivity index (χ2v) is 5.61. The van der Waals surface area contributed by atoms with E-state index in [1.807, 2.05) is 12.1 Å². The molecule has 1 aromatic carbocycles. The Balaban J connectivity index is 2.09. The molecular weight excluding hydrogens is 276 g/mol. The summed E-state index contributed by atoms with van der Waals surface area (Å²) in [5.41, 5.74) is 8.07. The number of benzene rings is 1. The largest absolute Gasteiger partial charge is 0.398 e. The maximum Gasteiger partial charge on any atom is 0.0461 e. The van der Waals surface area contributed by atoms with Crippen molar-refractivity contribution in [2.75, 3.05) is 12.3 Å². The van der Waals surface area contributed by atoms with E-state index in [0.29, 0.717) is 0 Å². The molecule has 1 fully saturated rings. The molecule has 0 amide bonds. The van der Waals surface area contributed by atoms with Crippen molar-refractivity contribution in [3.8, 4) is 0 Å². The maximum absolute atomic E-state index is 5.93. The van der Waals surface area contributed by atoms with Crippen molar-refractivity contribution in [3.05, 3.63) is 28.2 Å². The molecular formula is C14H21BrN2. The SMILES string of the molecule is CCN(Cc1cccc(N)c1Br)C1CCCC1. The van der Waals surface area contributed by atoms with Gasteiger partial charge in [-0.15, -0.1) is 0 Å². The Hall–Kier alpha value is -0.540. The molecule has 0 unspecified atom stereocenters. The average Bonchev–Trinajstić information content (AvgIpc) is 2.85. The van der Waals surface area contributed by atoms with Crippen LogP contribution in [0.4, 0.5) is 5.69 Å². The topological polar surface area (TPSA) is 29.3 Å². The molecule has 94 valence electrons. The zero-order valence-electron chi connectivity index (χ0n) is 10.5. The Kier molecular flexibility index (Phi) is 4.46. The number of hydrogen-bond donors (Lipinski definition) is 1. The van der Waals surface area contributed by atoms with E-state index in [1.54, 1.807) is 0 Å². The van der Waals surface area contributed by atoms with E-state index in [2.05, 4.69) is 33.8 Å². The highest BCUT2D eigenvalue weighted by Crippen LogP contribution is 2.28. The van der Waals surface area contributed by atoms with Crippen molar-refractivity contribution < 1.29 is 0 Å². The first kappa shape index (κ1) is 12.9. The number of anilines is 1. The lowest BCUT2D eigenvalue weighted by atomic mass is 10.1. The molecule has 1 aliphatic rings. The Morgan fingerprint density at radius 2 is 2.06 bits per heavy atom. The number of nitrogens with two attached hydrogens (primary N) is 1. The predicted octanol–water partition coefficient (Wildman–Crippen LogP) is 3.80. The average molecular weight is 297 g/mol. The summed E-state index contributed by atoms with van der Waals surface area (Å²) >= 11 is 3.59. The fourth-order valence-electron chi connectivity index (χ4n) is 2.71. The van der Waals surface area contributed by atoms with Crippen LogP contribution in [0.2, 0.25) is 0 Å². The van der Waals surface area contributed by atoms with Crippen molar-refractivity contribution in [2.24, 2.45) is 0 Å². The summed E-state index contributed by atoms with van der Waals surface area (Å²) < 4.78 is 1.07. The summed E-state index contributed by atoms with van der Waals surface area (Å²) in [6.07, 6.45) is 5.49. The molecule has 0 aromatic heterocycles. The lowest BCUT2D eigenvalue weighted by Crippen LogP contribution is -2.32. The van der Waals surface area contributed by atoms with Crippen LogP contribution in [0.5, 0.6) is 0 Å². The predicted molar refractivity (Wildman–Crippen MR) is 76.9 cm³/mol. The lowest BCUT2D eigenvalue weighted by Gasteiger charge is -2.28.